The van der Waals surface area contributed by atoms with Crippen molar-refractivity contribution in [2.75, 3.05) is 0 Å². The van der Waals surface area contributed by atoms with Crippen LogP contribution in [0.1, 0.15) is 43.9 Å². The Balaban J connectivity index is 2.25. The van der Waals surface area contributed by atoms with Crippen molar-refractivity contribution >= 4 is 23.5 Å². The summed E-state index contributed by atoms with van der Waals surface area (Å²) in [6.07, 6.45) is -1.23. The smallest absolute Gasteiger partial charge is 0.363 e. The van der Waals surface area contributed by atoms with E-state index < -0.39 is 34.6 Å². The van der Waals surface area contributed by atoms with Gasteiger partial charge in [-0.25, -0.2) is 9.48 Å². The topological polar surface area (TPSA) is 114 Å². The van der Waals surface area contributed by atoms with E-state index in [0.717, 1.165) is 0 Å². The highest BCUT2D eigenvalue weighted by molar-refractivity contribution is 6.30. The van der Waals surface area contributed by atoms with Crippen LogP contribution in [0.5, 0.6) is 0 Å². The van der Waals surface area contributed by atoms with Gasteiger partial charge in [0.1, 0.15) is 5.54 Å². The average molecular weight is 431 g/mol. The van der Waals surface area contributed by atoms with Gasteiger partial charge in [-0.2, -0.15) is 10.4 Å². The van der Waals surface area contributed by atoms with E-state index in [1.807, 2.05) is 6.07 Å². The van der Waals surface area contributed by atoms with E-state index in [4.69, 9.17) is 16.3 Å². The van der Waals surface area contributed by atoms with Crippen molar-refractivity contribution < 1.29 is 14.3 Å². The Morgan fingerprint density at radius 3 is 2.40 bits per heavy atom. The molecule has 158 valence electrons. The number of halogens is 1. The molecule has 1 aromatic heterocycles. The number of benzene rings is 1. The molecule has 0 spiro atoms. The summed E-state index contributed by atoms with van der Waals surface area (Å²) < 4.78 is 6.55. The first-order valence-electron chi connectivity index (χ1n) is 9.29. The number of nitriles is 1. The highest BCUT2D eigenvalue weighted by atomic mass is 35.5. The van der Waals surface area contributed by atoms with Crippen LogP contribution in [-0.4, -0.2) is 33.3 Å². The predicted octanol–water partition coefficient (Wildman–Crippen LogP) is 2.79. The molecule has 2 aromatic rings. The second kappa shape index (κ2) is 9.09. The Bertz CT molecular complexity index is 1060. The quantitative estimate of drug-likeness (QED) is 0.705. The number of hydrogen-bond donors (Lipinski definition) is 1. The van der Waals surface area contributed by atoms with Gasteiger partial charge in [0.05, 0.1) is 11.8 Å². The van der Waals surface area contributed by atoms with Gasteiger partial charge >= 0.3 is 5.97 Å². The molecule has 0 saturated carbocycles. The zero-order chi connectivity index (χ0) is 22.6. The van der Waals surface area contributed by atoms with Gasteiger partial charge < -0.3 is 10.1 Å². The van der Waals surface area contributed by atoms with Crippen LogP contribution in [0.4, 0.5) is 0 Å². The fraction of sp³-hybridized carbons (Fsp3) is 0.381. The fourth-order valence-corrected chi connectivity index (χ4v) is 2.59. The van der Waals surface area contributed by atoms with E-state index in [-0.39, 0.29) is 5.92 Å². The van der Waals surface area contributed by atoms with Crippen molar-refractivity contribution in [3.63, 3.8) is 0 Å². The fourth-order valence-electron chi connectivity index (χ4n) is 2.46. The second-order valence-corrected chi connectivity index (χ2v) is 7.83. The summed E-state index contributed by atoms with van der Waals surface area (Å²) in [6.45, 7) is 8.18. The molecule has 0 aliphatic rings. The number of ether oxygens (including phenoxy) is 1. The van der Waals surface area contributed by atoms with E-state index in [0.29, 0.717) is 16.4 Å². The lowest BCUT2D eigenvalue weighted by atomic mass is 9.90. The molecule has 1 heterocycles. The SMILES string of the molecule is Cc1cc(=O)c(C(=O)OC(C)C(=O)NC(C)(C#N)C(C)C)nn1-c1ccc(Cl)cc1. The molecule has 2 atom stereocenters. The number of aromatic nitrogens is 2. The summed E-state index contributed by atoms with van der Waals surface area (Å²) in [5, 5.41) is 16.5. The van der Waals surface area contributed by atoms with Gasteiger partial charge in [-0.1, -0.05) is 25.4 Å². The molecule has 8 nitrogen and oxygen atoms in total. The van der Waals surface area contributed by atoms with Crippen molar-refractivity contribution in [2.24, 2.45) is 5.92 Å². The highest BCUT2D eigenvalue weighted by Gasteiger charge is 2.33. The molecule has 0 aliphatic carbocycles. The van der Waals surface area contributed by atoms with Gasteiger partial charge in [-0.05, 0) is 51.0 Å². The molecular weight excluding hydrogens is 408 g/mol. The third-order valence-electron chi connectivity index (χ3n) is 4.79. The van der Waals surface area contributed by atoms with E-state index in [1.165, 1.54) is 17.7 Å². The lowest BCUT2D eigenvalue weighted by Crippen LogP contribution is -2.52. The number of rotatable bonds is 6. The van der Waals surface area contributed by atoms with Crippen LogP contribution < -0.4 is 10.7 Å². The van der Waals surface area contributed by atoms with Gasteiger partial charge in [0.25, 0.3) is 5.91 Å². The minimum atomic E-state index is -1.23. The van der Waals surface area contributed by atoms with Gasteiger partial charge in [0, 0.05) is 16.8 Å². The maximum atomic E-state index is 12.5. The number of amides is 1. The number of aryl methyl sites for hydroxylation is 1. The Morgan fingerprint density at radius 1 is 1.27 bits per heavy atom. The second-order valence-electron chi connectivity index (χ2n) is 7.39. The highest BCUT2D eigenvalue weighted by Crippen LogP contribution is 2.16. The van der Waals surface area contributed by atoms with Crippen LogP contribution in [0.3, 0.4) is 0 Å². The molecule has 1 amide bonds. The van der Waals surface area contributed by atoms with E-state index >= 15 is 0 Å². The van der Waals surface area contributed by atoms with E-state index in [9.17, 15) is 19.6 Å². The first kappa shape index (κ1) is 23.1. The molecule has 2 unspecified atom stereocenters. The van der Waals surface area contributed by atoms with Crippen LogP contribution in [0.15, 0.2) is 35.1 Å². The van der Waals surface area contributed by atoms with Crippen molar-refractivity contribution in [3.05, 3.63) is 57.0 Å². The molecule has 0 saturated heterocycles. The zero-order valence-corrected chi connectivity index (χ0v) is 18.1. The van der Waals surface area contributed by atoms with Crippen LogP contribution in [0, 0.1) is 24.2 Å². The number of carbonyl (C=O) groups excluding carboxylic acids is 2. The summed E-state index contributed by atoms with van der Waals surface area (Å²) >= 11 is 5.90. The van der Waals surface area contributed by atoms with Crippen LogP contribution in [-0.2, 0) is 9.53 Å². The molecule has 0 fully saturated rings. The van der Waals surface area contributed by atoms with Crippen LogP contribution in [0.2, 0.25) is 5.02 Å². The van der Waals surface area contributed by atoms with Gasteiger partial charge in [-0.3, -0.25) is 9.59 Å². The zero-order valence-electron chi connectivity index (χ0n) is 17.4. The molecule has 2 rings (SSSR count). The number of esters is 1. The van der Waals surface area contributed by atoms with Crippen molar-refractivity contribution in [1.82, 2.24) is 15.1 Å². The Hall–Kier alpha value is -3.18. The summed E-state index contributed by atoms with van der Waals surface area (Å²) in [4.78, 5) is 37.2. The monoisotopic (exact) mass is 430 g/mol. The number of nitrogens with one attached hydrogen (secondary N) is 1. The van der Waals surface area contributed by atoms with Crippen molar-refractivity contribution in [2.45, 2.75) is 46.3 Å². The molecular formula is C21H23ClN4O4. The molecule has 30 heavy (non-hydrogen) atoms. The number of nitrogens with zero attached hydrogens (tertiary/aromatic N) is 3. The maximum absolute atomic E-state index is 12.5. The average Bonchev–Trinajstić information content (AvgIpc) is 2.68. The number of hydrogen-bond acceptors (Lipinski definition) is 6. The number of carbonyl (C=O) groups is 2. The van der Waals surface area contributed by atoms with Crippen molar-refractivity contribution in [3.8, 4) is 11.8 Å². The first-order valence-corrected chi connectivity index (χ1v) is 9.67. The first-order chi connectivity index (χ1) is 14.0. The van der Waals surface area contributed by atoms with Gasteiger partial charge in [-0.15, -0.1) is 0 Å². The minimum absolute atomic E-state index is 0.167. The summed E-state index contributed by atoms with van der Waals surface area (Å²) in [5.74, 6) is -1.85. The molecule has 1 aromatic carbocycles. The molecule has 0 aliphatic heterocycles. The van der Waals surface area contributed by atoms with E-state index in [2.05, 4.69) is 10.4 Å². The molecule has 0 bridgehead atoms. The Morgan fingerprint density at radius 2 is 1.87 bits per heavy atom. The molecule has 0 radical (unpaired) electrons. The largest absolute Gasteiger partial charge is 0.448 e. The summed E-state index contributed by atoms with van der Waals surface area (Å²) in [5.41, 5.74) is -1.10. The van der Waals surface area contributed by atoms with Crippen molar-refractivity contribution in [1.29, 1.82) is 5.26 Å². The predicted molar refractivity (Wildman–Crippen MR) is 111 cm³/mol. The molecule has 1 N–H and O–H groups in total. The summed E-state index contributed by atoms with van der Waals surface area (Å²) in [7, 11) is 0. The standard InChI is InChI=1S/C21H23ClN4O4/c1-12(2)21(5,11-23)24-19(28)14(4)30-20(29)18-17(27)10-13(3)26(25-18)16-8-6-15(22)7-9-16/h6-10,12,14H,1-5H3,(H,24,28). The normalized spacial score (nSPS) is 13.8. The maximum Gasteiger partial charge on any atom is 0.363 e. The third-order valence-corrected chi connectivity index (χ3v) is 5.05. The Labute approximate surface area is 179 Å². The Kier molecular flexibility index (Phi) is 7.00. The van der Waals surface area contributed by atoms with Gasteiger partial charge in [0.15, 0.2) is 6.10 Å². The lowest BCUT2D eigenvalue weighted by Gasteiger charge is -2.28. The van der Waals surface area contributed by atoms with Crippen LogP contribution >= 0.6 is 11.6 Å². The van der Waals surface area contributed by atoms with E-state index in [1.54, 1.807) is 52.0 Å². The van der Waals surface area contributed by atoms with Crippen LogP contribution in [0.25, 0.3) is 5.69 Å². The molecule has 9 heteroatoms. The third kappa shape index (κ3) is 5.05. The van der Waals surface area contributed by atoms with Gasteiger partial charge in [0.2, 0.25) is 11.1 Å². The summed E-state index contributed by atoms with van der Waals surface area (Å²) in [6, 6.07) is 9.99. The minimum Gasteiger partial charge on any atom is -0.448 e. The lowest BCUT2D eigenvalue weighted by molar-refractivity contribution is -0.130.